The SMILES string of the molecule is O=C(NCc1cccc(Cl)c1)[C@]1(C/C=C/c2ccccc2)N=C(c2ccc(OCCCO)cc2)O[C@@H]1c1ccc(-c2ccccc2)cc1. The van der Waals surface area contributed by atoms with Gasteiger partial charge in [0.05, 0.1) is 6.61 Å². The van der Waals surface area contributed by atoms with Crippen LogP contribution in [0.5, 0.6) is 5.75 Å². The number of ether oxygens (including phenoxy) is 2. The average Bonchev–Trinajstić information content (AvgIpc) is 3.52. The van der Waals surface area contributed by atoms with Gasteiger partial charge in [0.2, 0.25) is 5.90 Å². The molecule has 0 spiro atoms. The van der Waals surface area contributed by atoms with Crippen molar-refractivity contribution in [1.82, 2.24) is 5.32 Å². The summed E-state index contributed by atoms with van der Waals surface area (Å²) in [5, 5.41) is 12.9. The molecule has 0 aliphatic carbocycles. The number of benzene rings is 5. The van der Waals surface area contributed by atoms with E-state index in [9.17, 15) is 4.79 Å². The van der Waals surface area contributed by atoms with Gasteiger partial charge in [-0.25, -0.2) is 4.99 Å². The normalized spacial score (nSPS) is 17.1. The minimum atomic E-state index is -1.32. The van der Waals surface area contributed by atoms with Gasteiger partial charge in [-0.15, -0.1) is 0 Å². The van der Waals surface area contributed by atoms with Crippen molar-refractivity contribution in [3.63, 3.8) is 0 Å². The van der Waals surface area contributed by atoms with Gasteiger partial charge in [-0.2, -0.15) is 0 Å². The maximum Gasteiger partial charge on any atom is 0.252 e. The van der Waals surface area contributed by atoms with Crippen LogP contribution in [0, 0.1) is 0 Å². The lowest BCUT2D eigenvalue weighted by Gasteiger charge is -2.30. The first kappa shape index (κ1) is 32.8. The van der Waals surface area contributed by atoms with Crippen molar-refractivity contribution >= 4 is 29.5 Å². The quantitative estimate of drug-likeness (QED) is 0.125. The van der Waals surface area contributed by atoms with Gasteiger partial charge in [0.15, 0.2) is 11.6 Å². The molecule has 2 N–H and O–H groups in total. The molecule has 6 rings (SSSR count). The summed E-state index contributed by atoms with van der Waals surface area (Å²) in [6.07, 6.45) is 4.13. The highest BCUT2D eigenvalue weighted by molar-refractivity contribution is 6.30. The molecule has 1 heterocycles. The van der Waals surface area contributed by atoms with Crippen LogP contribution in [-0.2, 0) is 16.1 Å². The van der Waals surface area contributed by atoms with Gasteiger partial charge in [0.25, 0.3) is 5.91 Å². The van der Waals surface area contributed by atoms with Crippen LogP contribution < -0.4 is 10.1 Å². The molecule has 0 radical (unpaired) electrons. The molecule has 2 atom stereocenters. The molecule has 0 unspecified atom stereocenters. The number of hydrogen-bond acceptors (Lipinski definition) is 5. The van der Waals surface area contributed by atoms with Gasteiger partial charge in [0.1, 0.15) is 5.75 Å². The summed E-state index contributed by atoms with van der Waals surface area (Å²) in [5.41, 5.74) is 4.32. The molecular formula is C41H37ClN2O4. The van der Waals surface area contributed by atoms with E-state index in [1.54, 1.807) is 0 Å². The summed E-state index contributed by atoms with van der Waals surface area (Å²) in [4.78, 5) is 19.6. The molecule has 0 bridgehead atoms. The Bertz CT molecular complexity index is 1860. The van der Waals surface area contributed by atoms with Crippen LogP contribution in [0.1, 0.15) is 41.2 Å². The summed E-state index contributed by atoms with van der Waals surface area (Å²) < 4.78 is 12.4. The van der Waals surface area contributed by atoms with Crippen LogP contribution in [-0.4, -0.2) is 35.7 Å². The van der Waals surface area contributed by atoms with Gasteiger partial charge in [-0.05, 0) is 64.2 Å². The lowest BCUT2D eigenvalue weighted by Crippen LogP contribution is -2.47. The third kappa shape index (κ3) is 7.85. The Labute approximate surface area is 286 Å². The van der Waals surface area contributed by atoms with E-state index in [0.717, 1.165) is 33.4 Å². The summed E-state index contributed by atoms with van der Waals surface area (Å²) in [5.74, 6) is 0.798. The zero-order chi connectivity index (χ0) is 33.2. The van der Waals surface area contributed by atoms with E-state index in [4.69, 9.17) is 31.2 Å². The van der Waals surface area contributed by atoms with Crippen LogP contribution >= 0.6 is 11.6 Å². The zero-order valence-electron chi connectivity index (χ0n) is 26.5. The first-order valence-corrected chi connectivity index (χ1v) is 16.4. The van der Waals surface area contributed by atoms with Crippen molar-refractivity contribution < 1.29 is 19.4 Å². The van der Waals surface area contributed by atoms with Gasteiger partial charge in [0, 0.05) is 36.6 Å². The topological polar surface area (TPSA) is 80.2 Å². The fourth-order valence-electron chi connectivity index (χ4n) is 5.72. The Kier molecular flexibility index (Phi) is 10.7. The fourth-order valence-corrected chi connectivity index (χ4v) is 5.93. The van der Waals surface area contributed by atoms with Crippen LogP contribution in [0.2, 0.25) is 5.02 Å². The molecule has 6 nitrogen and oxygen atoms in total. The lowest BCUT2D eigenvalue weighted by atomic mass is 9.83. The number of aliphatic imine (C=N–C) groups is 1. The average molecular weight is 657 g/mol. The van der Waals surface area contributed by atoms with E-state index in [1.807, 2.05) is 121 Å². The predicted octanol–water partition coefficient (Wildman–Crippen LogP) is 8.45. The number of amides is 1. The Morgan fingerprint density at radius 1 is 0.854 bits per heavy atom. The van der Waals surface area contributed by atoms with Crippen molar-refractivity contribution in [1.29, 1.82) is 0 Å². The third-order valence-corrected chi connectivity index (χ3v) is 8.47. The summed E-state index contributed by atoms with van der Waals surface area (Å²) in [6, 6.07) is 43.2. The van der Waals surface area contributed by atoms with Crippen LogP contribution in [0.3, 0.4) is 0 Å². The molecule has 0 fully saturated rings. The van der Waals surface area contributed by atoms with Crippen molar-refractivity contribution in [3.8, 4) is 16.9 Å². The van der Waals surface area contributed by atoms with E-state index < -0.39 is 11.6 Å². The standard InChI is InChI=1S/C41H37ClN2O4/c42-36-16-7-12-31(28-36)29-43-40(46)41(25-8-13-30-10-3-1-4-11-30)38(34-19-17-33(18-20-34)32-14-5-2-6-15-32)48-39(44-41)35-21-23-37(24-22-35)47-27-9-26-45/h1-8,10-24,28,38,45H,9,25-27,29H2,(H,43,46)/b13-8+/t38-,41-/m1/s1. The molecule has 0 saturated carbocycles. The molecule has 7 heteroatoms. The van der Waals surface area contributed by atoms with Crippen LogP contribution in [0.15, 0.2) is 145 Å². The van der Waals surface area contributed by atoms with E-state index in [2.05, 4.69) is 29.6 Å². The molecule has 242 valence electrons. The Balaban J connectivity index is 1.38. The zero-order valence-corrected chi connectivity index (χ0v) is 27.2. The van der Waals surface area contributed by atoms with Crippen LogP contribution in [0.25, 0.3) is 17.2 Å². The minimum Gasteiger partial charge on any atom is -0.494 e. The maximum atomic E-state index is 14.5. The summed E-state index contributed by atoms with van der Waals surface area (Å²) in [7, 11) is 0. The predicted molar refractivity (Wildman–Crippen MR) is 192 cm³/mol. The van der Waals surface area contributed by atoms with Gasteiger partial charge in [-0.3, -0.25) is 4.79 Å². The summed E-state index contributed by atoms with van der Waals surface area (Å²) >= 11 is 6.25. The smallest absolute Gasteiger partial charge is 0.252 e. The Morgan fingerprint density at radius 3 is 2.25 bits per heavy atom. The molecule has 1 aliphatic heterocycles. The molecular weight excluding hydrogens is 620 g/mol. The van der Waals surface area contributed by atoms with E-state index in [1.165, 1.54) is 0 Å². The second-order valence-electron chi connectivity index (χ2n) is 11.6. The number of nitrogens with zero attached hydrogens (tertiary/aromatic N) is 1. The second kappa shape index (κ2) is 15.6. The van der Waals surface area contributed by atoms with Gasteiger partial charge in [-0.1, -0.05) is 121 Å². The Morgan fingerprint density at radius 2 is 1.54 bits per heavy atom. The van der Waals surface area contributed by atoms with Crippen molar-refractivity contribution in [2.45, 2.75) is 31.0 Å². The van der Waals surface area contributed by atoms with Gasteiger partial charge < -0.3 is 19.9 Å². The molecule has 1 aliphatic rings. The molecule has 5 aromatic rings. The third-order valence-electron chi connectivity index (χ3n) is 8.23. The largest absolute Gasteiger partial charge is 0.494 e. The fraction of sp³-hybridized carbons (Fsp3) is 0.171. The van der Waals surface area contributed by atoms with Crippen LogP contribution in [0.4, 0.5) is 0 Å². The molecule has 0 saturated heterocycles. The van der Waals surface area contributed by atoms with E-state index >= 15 is 0 Å². The number of nitrogens with one attached hydrogen (secondary N) is 1. The van der Waals surface area contributed by atoms with Crippen molar-refractivity contribution in [3.05, 3.63) is 167 Å². The molecule has 1 amide bonds. The van der Waals surface area contributed by atoms with Crippen molar-refractivity contribution in [2.24, 2.45) is 4.99 Å². The van der Waals surface area contributed by atoms with E-state index in [0.29, 0.717) is 36.1 Å². The van der Waals surface area contributed by atoms with Crippen molar-refractivity contribution in [2.75, 3.05) is 13.2 Å². The second-order valence-corrected chi connectivity index (χ2v) is 12.0. The number of aliphatic hydroxyl groups is 1. The summed E-state index contributed by atoms with van der Waals surface area (Å²) in [6.45, 7) is 0.766. The first-order chi connectivity index (χ1) is 23.5. The highest BCUT2D eigenvalue weighted by Gasteiger charge is 2.52. The number of halogens is 1. The van der Waals surface area contributed by atoms with E-state index in [-0.39, 0.29) is 19.1 Å². The van der Waals surface area contributed by atoms with Gasteiger partial charge >= 0.3 is 0 Å². The number of hydrogen-bond donors (Lipinski definition) is 2. The Hall–Kier alpha value is -5.17. The highest BCUT2D eigenvalue weighted by atomic mass is 35.5. The molecule has 0 aromatic heterocycles. The lowest BCUT2D eigenvalue weighted by molar-refractivity contribution is -0.129. The molecule has 5 aromatic carbocycles. The maximum absolute atomic E-state index is 14.5. The highest BCUT2D eigenvalue weighted by Crippen LogP contribution is 2.43. The number of aliphatic hydroxyl groups excluding tert-OH is 1. The number of rotatable bonds is 13. The number of carbonyl (C=O) groups is 1. The minimum absolute atomic E-state index is 0.0661. The first-order valence-electron chi connectivity index (χ1n) is 16.0. The molecule has 48 heavy (non-hydrogen) atoms. The monoisotopic (exact) mass is 656 g/mol. The number of carbonyl (C=O) groups excluding carboxylic acids is 1.